The second-order valence-electron chi connectivity index (χ2n) is 8.07. The van der Waals surface area contributed by atoms with Crippen LogP contribution >= 0.6 is 12.4 Å². The van der Waals surface area contributed by atoms with E-state index in [9.17, 15) is 4.79 Å². The lowest BCUT2D eigenvalue weighted by molar-refractivity contribution is -0.137. The number of fused-ring (bicyclic) bond motifs is 1. The molecule has 1 aromatic carbocycles. The Balaban J connectivity index is 0.00000196. The van der Waals surface area contributed by atoms with Gasteiger partial charge in [-0.05, 0) is 68.3 Å². The molecule has 2 atom stereocenters. The van der Waals surface area contributed by atoms with Gasteiger partial charge in [-0.25, -0.2) is 0 Å². The van der Waals surface area contributed by atoms with Crippen molar-refractivity contribution in [1.82, 2.24) is 10.2 Å². The van der Waals surface area contributed by atoms with E-state index in [0.717, 1.165) is 82.3 Å². The van der Waals surface area contributed by atoms with Crippen molar-refractivity contribution in [1.29, 1.82) is 0 Å². The van der Waals surface area contributed by atoms with Crippen LogP contribution in [0.5, 0.6) is 5.75 Å². The number of hydrogen-bond donors (Lipinski definition) is 1. The SMILES string of the molecule is COc1ccc(C2(C(=O)N3CC[C@@H]4CNC[C@@H]4CC3)CCCC2)cc1.Cl. The second kappa shape index (κ2) is 8.18. The smallest absolute Gasteiger partial charge is 0.233 e. The number of rotatable bonds is 3. The highest BCUT2D eigenvalue weighted by Crippen LogP contribution is 2.43. The fourth-order valence-electron chi connectivity index (χ4n) is 5.24. The van der Waals surface area contributed by atoms with Crippen molar-refractivity contribution in [3.63, 3.8) is 0 Å². The zero-order chi connectivity index (χ0) is 17.3. The highest BCUT2D eigenvalue weighted by molar-refractivity contribution is 5.88. The second-order valence-corrected chi connectivity index (χ2v) is 8.07. The van der Waals surface area contributed by atoms with Gasteiger partial charge in [-0.3, -0.25) is 4.79 Å². The standard InChI is InChI=1S/C21H30N2O2.ClH/c1-25-19-6-4-18(5-7-19)21(10-2-3-11-21)20(24)23-12-8-16-14-22-15-17(16)9-13-23;/h4-7,16-17,22H,2-3,8-15H2,1H3;1H/t16-,17+;. The lowest BCUT2D eigenvalue weighted by Crippen LogP contribution is -2.46. The van der Waals surface area contributed by atoms with E-state index in [2.05, 4.69) is 22.3 Å². The summed E-state index contributed by atoms with van der Waals surface area (Å²) in [7, 11) is 1.69. The Morgan fingerprint density at radius 3 is 2.19 bits per heavy atom. The first kappa shape index (κ1) is 19.5. The summed E-state index contributed by atoms with van der Waals surface area (Å²) in [5, 5.41) is 3.52. The Labute approximate surface area is 163 Å². The van der Waals surface area contributed by atoms with Crippen LogP contribution in [0.15, 0.2) is 24.3 Å². The first-order valence-corrected chi connectivity index (χ1v) is 9.87. The predicted octanol–water partition coefficient (Wildman–Crippen LogP) is 3.39. The largest absolute Gasteiger partial charge is 0.497 e. The van der Waals surface area contributed by atoms with Crippen LogP contribution < -0.4 is 10.1 Å². The summed E-state index contributed by atoms with van der Waals surface area (Å²) in [6, 6.07) is 8.22. The minimum absolute atomic E-state index is 0. The number of nitrogens with zero attached hydrogens (tertiary/aromatic N) is 1. The van der Waals surface area contributed by atoms with Gasteiger partial charge in [0.2, 0.25) is 5.91 Å². The summed E-state index contributed by atoms with van der Waals surface area (Å²) in [5.41, 5.74) is 0.881. The molecule has 3 aliphatic rings. The molecule has 5 heteroatoms. The molecule has 0 spiro atoms. The van der Waals surface area contributed by atoms with E-state index in [-0.39, 0.29) is 17.8 Å². The lowest BCUT2D eigenvalue weighted by atomic mass is 9.77. The fourth-order valence-corrected chi connectivity index (χ4v) is 5.24. The number of likely N-dealkylation sites (tertiary alicyclic amines) is 1. The topological polar surface area (TPSA) is 41.6 Å². The fraction of sp³-hybridized carbons (Fsp3) is 0.667. The number of carbonyl (C=O) groups excluding carboxylic acids is 1. The molecule has 144 valence electrons. The average molecular weight is 379 g/mol. The number of amides is 1. The van der Waals surface area contributed by atoms with Crippen LogP contribution in [0.1, 0.15) is 44.1 Å². The molecule has 1 N–H and O–H groups in total. The first-order valence-electron chi connectivity index (χ1n) is 9.87. The van der Waals surface area contributed by atoms with Crippen LogP contribution in [0, 0.1) is 11.8 Å². The lowest BCUT2D eigenvalue weighted by Gasteiger charge is -2.34. The van der Waals surface area contributed by atoms with Gasteiger partial charge in [0.25, 0.3) is 0 Å². The first-order chi connectivity index (χ1) is 12.2. The van der Waals surface area contributed by atoms with E-state index in [1.165, 1.54) is 5.56 Å². The van der Waals surface area contributed by atoms with Gasteiger partial charge < -0.3 is 15.0 Å². The van der Waals surface area contributed by atoms with E-state index < -0.39 is 0 Å². The van der Waals surface area contributed by atoms with Gasteiger partial charge in [-0.1, -0.05) is 25.0 Å². The molecule has 0 radical (unpaired) electrons. The van der Waals surface area contributed by atoms with Gasteiger partial charge in [0.05, 0.1) is 12.5 Å². The van der Waals surface area contributed by atoms with E-state index in [0.29, 0.717) is 5.91 Å². The molecule has 4 rings (SSSR count). The number of ether oxygens (including phenoxy) is 1. The summed E-state index contributed by atoms with van der Waals surface area (Å²) >= 11 is 0. The molecule has 3 fully saturated rings. The zero-order valence-corrected chi connectivity index (χ0v) is 16.5. The summed E-state index contributed by atoms with van der Waals surface area (Å²) in [4.78, 5) is 15.8. The van der Waals surface area contributed by atoms with Gasteiger partial charge >= 0.3 is 0 Å². The Bertz CT molecular complexity index is 599. The maximum absolute atomic E-state index is 13.6. The Morgan fingerprint density at radius 2 is 1.65 bits per heavy atom. The molecule has 1 saturated carbocycles. The zero-order valence-electron chi connectivity index (χ0n) is 15.7. The normalized spacial score (nSPS) is 27.3. The van der Waals surface area contributed by atoms with E-state index >= 15 is 0 Å². The van der Waals surface area contributed by atoms with Crippen molar-refractivity contribution < 1.29 is 9.53 Å². The number of hydrogen-bond acceptors (Lipinski definition) is 3. The molecule has 2 heterocycles. The third-order valence-corrected chi connectivity index (χ3v) is 6.82. The van der Waals surface area contributed by atoms with Gasteiger partial charge in [-0.15, -0.1) is 12.4 Å². The minimum Gasteiger partial charge on any atom is -0.497 e. The molecule has 4 nitrogen and oxygen atoms in total. The third kappa shape index (κ3) is 3.46. The Hall–Kier alpha value is -1.26. The molecule has 2 saturated heterocycles. The van der Waals surface area contributed by atoms with Gasteiger partial charge in [0.15, 0.2) is 0 Å². The van der Waals surface area contributed by atoms with Crippen LogP contribution in [0.4, 0.5) is 0 Å². The highest BCUT2D eigenvalue weighted by Gasteiger charge is 2.45. The molecule has 1 amide bonds. The van der Waals surface area contributed by atoms with Crippen molar-refractivity contribution in [3.05, 3.63) is 29.8 Å². The van der Waals surface area contributed by atoms with Crippen molar-refractivity contribution in [2.75, 3.05) is 33.3 Å². The monoisotopic (exact) mass is 378 g/mol. The molecular weight excluding hydrogens is 348 g/mol. The van der Waals surface area contributed by atoms with E-state index in [1.807, 2.05) is 12.1 Å². The van der Waals surface area contributed by atoms with Crippen molar-refractivity contribution in [2.45, 2.75) is 43.9 Å². The van der Waals surface area contributed by atoms with Crippen LogP contribution in [0.3, 0.4) is 0 Å². The predicted molar refractivity (Wildman–Crippen MR) is 106 cm³/mol. The molecule has 1 aliphatic carbocycles. The van der Waals surface area contributed by atoms with Gasteiger partial charge in [0, 0.05) is 13.1 Å². The number of halogens is 1. The van der Waals surface area contributed by atoms with Crippen molar-refractivity contribution >= 4 is 18.3 Å². The quantitative estimate of drug-likeness (QED) is 0.876. The molecule has 26 heavy (non-hydrogen) atoms. The van der Waals surface area contributed by atoms with Gasteiger partial charge in [-0.2, -0.15) is 0 Å². The summed E-state index contributed by atoms with van der Waals surface area (Å²) in [5.74, 6) is 2.76. The van der Waals surface area contributed by atoms with Crippen LogP contribution in [0.2, 0.25) is 0 Å². The number of methoxy groups -OCH3 is 1. The van der Waals surface area contributed by atoms with Crippen LogP contribution in [0.25, 0.3) is 0 Å². The Morgan fingerprint density at radius 1 is 1.08 bits per heavy atom. The molecule has 1 aromatic rings. The highest BCUT2D eigenvalue weighted by atomic mass is 35.5. The molecule has 0 unspecified atom stereocenters. The number of nitrogens with one attached hydrogen (secondary N) is 1. The maximum atomic E-state index is 13.6. The summed E-state index contributed by atoms with van der Waals surface area (Å²) in [6.07, 6.45) is 6.60. The van der Waals surface area contributed by atoms with Crippen LogP contribution in [-0.2, 0) is 10.2 Å². The maximum Gasteiger partial charge on any atom is 0.233 e. The molecule has 0 aromatic heterocycles. The average Bonchev–Trinajstić information content (AvgIpc) is 3.28. The van der Waals surface area contributed by atoms with Crippen molar-refractivity contribution in [2.24, 2.45) is 11.8 Å². The molecule has 2 aliphatic heterocycles. The number of carbonyl (C=O) groups is 1. The Kier molecular flexibility index (Phi) is 6.13. The summed E-state index contributed by atoms with van der Waals surface area (Å²) < 4.78 is 5.30. The van der Waals surface area contributed by atoms with Gasteiger partial charge in [0.1, 0.15) is 5.75 Å². The third-order valence-electron chi connectivity index (χ3n) is 6.82. The minimum atomic E-state index is -0.302. The van der Waals surface area contributed by atoms with Crippen molar-refractivity contribution in [3.8, 4) is 5.75 Å². The van der Waals surface area contributed by atoms with E-state index in [1.54, 1.807) is 7.11 Å². The molecule has 0 bridgehead atoms. The van der Waals surface area contributed by atoms with E-state index in [4.69, 9.17) is 4.74 Å². The van der Waals surface area contributed by atoms with Crippen LogP contribution in [-0.4, -0.2) is 44.1 Å². The molecular formula is C21H31ClN2O2. The number of benzene rings is 1. The summed E-state index contributed by atoms with van der Waals surface area (Å²) in [6.45, 7) is 4.13.